The minimum Gasteiger partial charge on any atom is -0.493 e. The van der Waals surface area contributed by atoms with Crippen LogP contribution in [0.25, 0.3) is 22.0 Å². The van der Waals surface area contributed by atoms with Gasteiger partial charge in [0.25, 0.3) is 0 Å². The van der Waals surface area contributed by atoms with Crippen molar-refractivity contribution in [1.29, 1.82) is 0 Å². The number of rotatable bonds is 5. The summed E-state index contributed by atoms with van der Waals surface area (Å²) < 4.78 is 10.9. The summed E-state index contributed by atoms with van der Waals surface area (Å²) in [5.41, 5.74) is 2.05. The summed E-state index contributed by atoms with van der Waals surface area (Å²) in [6, 6.07) is 7.71. The van der Waals surface area contributed by atoms with Crippen molar-refractivity contribution < 1.29 is 14.6 Å². The van der Waals surface area contributed by atoms with Gasteiger partial charge in [-0.25, -0.2) is 4.98 Å². The topological polar surface area (TPSA) is 67.7 Å². The third-order valence-corrected chi connectivity index (χ3v) is 6.45. The number of nitrogens with zero attached hydrogens (tertiary/aromatic N) is 3. The van der Waals surface area contributed by atoms with Crippen molar-refractivity contribution in [2.45, 2.75) is 32.3 Å². The van der Waals surface area contributed by atoms with Gasteiger partial charge in [-0.15, -0.1) is 0 Å². The molecule has 0 spiro atoms. The number of methoxy groups -OCH3 is 2. The molecule has 0 amide bonds. The van der Waals surface area contributed by atoms with E-state index in [0.29, 0.717) is 16.5 Å². The molecule has 0 saturated carbocycles. The Bertz CT molecular complexity index is 1090. The first-order chi connectivity index (χ1) is 14.8. The molecular weight excluding hydrogens is 414 g/mol. The van der Waals surface area contributed by atoms with Gasteiger partial charge >= 0.3 is 0 Å². The first kappa shape index (κ1) is 21.7. The van der Waals surface area contributed by atoms with Gasteiger partial charge in [0.15, 0.2) is 11.5 Å². The van der Waals surface area contributed by atoms with E-state index in [1.54, 1.807) is 20.4 Å². The zero-order valence-electron chi connectivity index (χ0n) is 18.4. The standard InChI is InChI=1S/C24H28ClN3O3/c1-24(2,29)16-6-9-28(10-7-16)23-19(25)11-15(14-27-23)17-5-8-26-20-13-22(31-4)21(30-3)12-18(17)20/h5,8,11-14,16,29H,6-7,9-10H2,1-4H3. The fourth-order valence-corrected chi connectivity index (χ4v) is 4.62. The van der Waals surface area contributed by atoms with E-state index in [9.17, 15) is 5.11 Å². The second kappa shape index (κ2) is 8.52. The van der Waals surface area contributed by atoms with Crippen LogP contribution < -0.4 is 14.4 Å². The second-order valence-electron chi connectivity index (χ2n) is 8.53. The fraction of sp³-hybridized carbons (Fsp3) is 0.417. The third-order valence-electron chi connectivity index (χ3n) is 6.17. The average molecular weight is 442 g/mol. The van der Waals surface area contributed by atoms with Crippen molar-refractivity contribution in [3.8, 4) is 22.6 Å². The lowest BCUT2D eigenvalue weighted by atomic mass is 9.83. The van der Waals surface area contributed by atoms with E-state index in [0.717, 1.165) is 53.8 Å². The second-order valence-corrected chi connectivity index (χ2v) is 8.93. The molecular formula is C24H28ClN3O3. The molecule has 1 N–H and O–H groups in total. The molecule has 1 aromatic carbocycles. The number of pyridine rings is 2. The Morgan fingerprint density at radius 2 is 1.74 bits per heavy atom. The number of aromatic nitrogens is 2. The Balaban J connectivity index is 1.65. The Morgan fingerprint density at radius 3 is 2.35 bits per heavy atom. The minimum absolute atomic E-state index is 0.289. The van der Waals surface area contributed by atoms with Gasteiger partial charge in [-0.2, -0.15) is 0 Å². The van der Waals surface area contributed by atoms with Crippen molar-refractivity contribution in [3.05, 3.63) is 41.7 Å². The van der Waals surface area contributed by atoms with E-state index in [-0.39, 0.29) is 5.92 Å². The lowest BCUT2D eigenvalue weighted by Crippen LogP contribution is -2.42. The molecule has 0 aliphatic carbocycles. The number of aliphatic hydroxyl groups is 1. The van der Waals surface area contributed by atoms with Crippen molar-refractivity contribution in [2.75, 3.05) is 32.2 Å². The van der Waals surface area contributed by atoms with E-state index in [1.165, 1.54) is 0 Å². The monoisotopic (exact) mass is 441 g/mol. The molecule has 164 valence electrons. The highest BCUT2D eigenvalue weighted by atomic mass is 35.5. The summed E-state index contributed by atoms with van der Waals surface area (Å²) in [5, 5.41) is 11.8. The van der Waals surface area contributed by atoms with E-state index in [2.05, 4.69) is 9.88 Å². The van der Waals surface area contributed by atoms with E-state index >= 15 is 0 Å². The molecule has 4 rings (SSSR count). The molecule has 1 aliphatic heterocycles. The predicted molar refractivity (Wildman–Crippen MR) is 124 cm³/mol. The Kier molecular flexibility index (Phi) is 5.95. The Morgan fingerprint density at radius 1 is 1.06 bits per heavy atom. The van der Waals surface area contributed by atoms with E-state index < -0.39 is 5.60 Å². The first-order valence-electron chi connectivity index (χ1n) is 10.5. The van der Waals surface area contributed by atoms with Crippen LogP contribution in [0.2, 0.25) is 5.02 Å². The van der Waals surface area contributed by atoms with Gasteiger partial charge in [-0.05, 0) is 56.4 Å². The summed E-state index contributed by atoms with van der Waals surface area (Å²) in [7, 11) is 3.23. The lowest BCUT2D eigenvalue weighted by Gasteiger charge is -2.38. The number of hydrogen-bond donors (Lipinski definition) is 1. The smallest absolute Gasteiger partial charge is 0.162 e. The maximum Gasteiger partial charge on any atom is 0.162 e. The number of fused-ring (bicyclic) bond motifs is 1. The van der Waals surface area contributed by atoms with Crippen molar-refractivity contribution in [2.24, 2.45) is 5.92 Å². The molecule has 3 aromatic rings. The van der Waals surface area contributed by atoms with E-state index in [1.807, 2.05) is 44.3 Å². The van der Waals surface area contributed by atoms with Crippen LogP contribution in [0, 0.1) is 5.92 Å². The first-order valence-corrected chi connectivity index (χ1v) is 10.8. The maximum atomic E-state index is 10.3. The van der Waals surface area contributed by atoms with Gasteiger partial charge in [0.05, 0.1) is 30.4 Å². The number of anilines is 1. The summed E-state index contributed by atoms with van der Waals surface area (Å²) in [6.07, 6.45) is 5.46. The summed E-state index contributed by atoms with van der Waals surface area (Å²) in [4.78, 5) is 11.4. The zero-order valence-corrected chi connectivity index (χ0v) is 19.1. The van der Waals surface area contributed by atoms with Crippen LogP contribution in [0.15, 0.2) is 36.7 Å². The van der Waals surface area contributed by atoms with Crippen molar-refractivity contribution in [3.63, 3.8) is 0 Å². The van der Waals surface area contributed by atoms with Crippen LogP contribution in [0.4, 0.5) is 5.82 Å². The molecule has 31 heavy (non-hydrogen) atoms. The number of hydrogen-bond acceptors (Lipinski definition) is 6. The van der Waals surface area contributed by atoms with Crippen LogP contribution in [-0.2, 0) is 0 Å². The largest absolute Gasteiger partial charge is 0.493 e. The molecule has 0 unspecified atom stereocenters. The van der Waals surface area contributed by atoms with Gasteiger partial charge < -0.3 is 19.5 Å². The molecule has 6 nitrogen and oxygen atoms in total. The lowest BCUT2D eigenvalue weighted by molar-refractivity contribution is 0.00646. The molecule has 2 aromatic heterocycles. The normalized spacial score (nSPS) is 15.4. The minimum atomic E-state index is -0.653. The van der Waals surface area contributed by atoms with Crippen LogP contribution in [0.5, 0.6) is 11.5 Å². The van der Waals surface area contributed by atoms with Gasteiger partial charge in [-0.3, -0.25) is 4.98 Å². The van der Waals surface area contributed by atoms with Crippen molar-refractivity contribution in [1.82, 2.24) is 9.97 Å². The number of piperidine rings is 1. The van der Waals surface area contributed by atoms with Crippen LogP contribution in [0.1, 0.15) is 26.7 Å². The predicted octanol–water partition coefficient (Wildman–Crippen LogP) is 4.95. The molecule has 7 heteroatoms. The van der Waals surface area contributed by atoms with Crippen LogP contribution >= 0.6 is 11.6 Å². The quantitative estimate of drug-likeness (QED) is 0.603. The fourth-order valence-electron chi connectivity index (χ4n) is 4.33. The van der Waals surface area contributed by atoms with Crippen LogP contribution in [0.3, 0.4) is 0 Å². The molecule has 0 bridgehead atoms. The molecule has 1 fully saturated rings. The molecule has 0 atom stereocenters. The molecule has 3 heterocycles. The number of benzene rings is 1. The van der Waals surface area contributed by atoms with Gasteiger partial charge in [0.2, 0.25) is 0 Å². The SMILES string of the molecule is COc1cc2nccc(-c3cnc(N4CCC(C(C)(C)O)CC4)c(Cl)c3)c2cc1OC. The highest BCUT2D eigenvalue weighted by molar-refractivity contribution is 6.33. The highest BCUT2D eigenvalue weighted by Gasteiger charge is 2.31. The maximum absolute atomic E-state index is 10.3. The van der Waals surface area contributed by atoms with Gasteiger partial charge in [-0.1, -0.05) is 11.6 Å². The molecule has 1 aliphatic rings. The van der Waals surface area contributed by atoms with Crippen molar-refractivity contribution >= 4 is 28.3 Å². The average Bonchev–Trinajstić information content (AvgIpc) is 2.77. The van der Waals surface area contributed by atoms with Crippen LogP contribution in [-0.4, -0.2) is 48.0 Å². The highest BCUT2D eigenvalue weighted by Crippen LogP contribution is 2.38. The summed E-state index contributed by atoms with van der Waals surface area (Å²) in [6.45, 7) is 5.43. The third kappa shape index (κ3) is 4.27. The van der Waals surface area contributed by atoms with Gasteiger partial charge in [0, 0.05) is 42.5 Å². The number of halogens is 1. The summed E-state index contributed by atoms with van der Waals surface area (Å²) >= 11 is 6.68. The Hall–Kier alpha value is -2.57. The summed E-state index contributed by atoms with van der Waals surface area (Å²) in [5.74, 6) is 2.37. The van der Waals surface area contributed by atoms with E-state index in [4.69, 9.17) is 26.1 Å². The zero-order chi connectivity index (χ0) is 22.2. The number of ether oxygens (including phenoxy) is 2. The van der Waals surface area contributed by atoms with Gasteiger partial charge in [0.1, 0.15) is 5.82 Å². The Labute approximate surface area is 187 Å². The molecule has 0 radical (unpaired) electrons. The molecule has 1 saturated heterocycles.